The van der Waals surface area contributed by atoms with Gasteiger partial charge in [-0.3, -0.25) is 14.5 Å². The first-order valence-electron chi connectivity index (χ1n) is 14.9. The molecule has 2 aromatic carbocycles. The number of carbonyl (C=O) groups excluding carboxylic acids is 2. The average Bonchev–Trinajstić information content (AvgIpc) is 2.97. The standard InChI is InChI=1S/C33H46N2O3/c1-3-5-20-33(21-6-4-2)22-17-30(36)35(32(33)37)26-25-34-23-18-29(19-24-34)38-31(27-13-9-7-10-14-27)28-15-11-8-12-16-28/h7-16,29,31H,3-6,17-26H2,1-2H3. The molecular weight excluding hydrogens is 472 g/mol. The number of imide groups is 1. The Bertz CT molecular complexity index is 954. The maximum Gasteiger partial charge on any atom is 0.235 e. The number of amides is 2. The molecule has 0 radical (unpaired) electrons. The summed E-state index contributed by atoms with van der Waals surface area (Å²) in [4.78, 5) is 30.5. The Balaban J connectivity index is 1.32. The first-order chi connectivity index (χ1) is 18.6. The third-order valence-electron chi connectivity index (χ3n) is 8.54. The molecule has 2 aromatic rings. The fourth-order valence-corrected chi connectivity index (χ4v) is 6.14. The van der Waals surface area contributed by atoms with Crippen LogP contribution in [0.5, 0.6) is 0 Å². The number of unbranched alkanes of at least 4 members (excludes halogenated alkanes) is 2. The molecule has 5 nitrogen and oxygen atoms in total. The van der Waals surface area contributed by atoms with Crippen molar-refractivity contribution < 1.29 is 14.3 Å². The third kappa shape index (κ3) is 7.12. The lowest BCUT2D eigenvalue weighted by molar-refractivity contribution is -0.159. The molecule has 0 saturated carbocycles. The first kappa shape index (κ1) is 28.5. The second kappa shape index (κ2) is 14.0. The minimum Gasteiger partial charge on any atom is -0.365 e. The normalized spacial score (nSPS) is 18.9. The molecule has 2 aliphatic heterocycles. The van der Waals surface area contributed by atoms with Crippen molar-refractivity contribution in [2.45, 2.75) is 90.3 Å². The lowest BCUT2D eigenvalue weighted by atomic mass is 9.71. The molecule has 0 spiro atoms. The van der Waals surface area contributed by atoms with E-state index < -0.39 is 0 Å². The zero-order valence-corrected chi connectivity index (χ0v) is 23.4. The zero-order chi connectivity index (χ0) is 26.8. The van der Waals surface area contributed by atoms with Gasteiger partial charge in [0.05, 0.1) is 11.5 Å². The molecule has 0 aliphatic carbocycles. The van der Waals surface area contributed by atoms with E-state index in [0.717, 1.165) is 77.4 Å². The van der Waals surface area contributed by atoms with Gasteiger partial charge in [0, 0.05) is 32.6 Å². The van der Waals surface area contributed by atoms with Crippen LogP contribution in [0, 0.1) is 5.41 Å². The molecule has 0 unspecified atom stereocenters. The van der Waals surface area contributed by atoms with Gasteiger partial charge in [-0.2, -0.15) is 0 Å². The van der Waals surface area contributed by atoms with E-state index in [2.05, 4.69) is 67.3 Å². The number of hydrogen-bond acceptors (Lipinski definition) is 4. The summed E-state index contributed by atoms with van der Waals surface area (Å²) < 4.78 is 6.70. The Kier molecular flexibility index (Phi) is 10.5. The zero-order valence-electron chi connectivity index (χ0n) is 23.4. The fraction of sp³-hybridized carbons (Fsp3) is 0.576. The summed E-state index contributed by atoms with van der Waals surface area (Å²) in [6.07, 6.45) is 9.37. The highest BCUT2D eigenvalue weighted by Crippen LogP contribution is 2.41. The maximum atomic E-state index is 13.7. The van der Waals surface area contributed by atoms with Crippen molar-refractivity contribution in [2.24, 2.45) is 5.41 Å². The molecule has 2 aliphatic rings. The molecule has 38 heavy (non-hydrogen) atoms. The van der Waals surface area contributed by atoms with Crippen molar-refractivity contribution in [3.63, 3.8) is 0 Å². The van der Waals surface area contributed by atoms with Gasteiger partial charge in [0.25, 0.3) is 0 Å². The minimum absolute atomic E-state index is 0.0189. The van der Waals surface area contributed by atoms with E-state index in [-0.39, 0.29) is 29.4 Å². The van der Waals surface area contributed by atoms with Gasteiger partial charge >= 0.3 is 0 Å². The Morgan fingerprint density at radius 3 is 1.92 bits per heavy atom. The molecule has 0 bridgehead atoms. The topological polar surface area (TPSA) is 49.9 Å². The smallest absolute Gasteiger partial charge is 0.235 e. The summed E-state index contributed by atoms with van der Waals surface area (Å²) >= 11 is 0. The van der Waals surface area contributed by atoms with Crippen molar-refractivity contribution in [2.75, 3.05) is 26.2 Å². The maximum absolute atomic E-state index is 13.7. The van der Waals surface area contributed by atoms with Gasteiger partial charge in [-0.25, -0.2) is 0 Å². The van der Waals surface area contributed by atoms with E-state index >= 15 is 0 Å². The molecular formula is C33H46N2O3. The van der Waals surface area contributed by atoms with E-state index in [9.17, 15) is 9.59 Å². The molecule has 2 fully saturated rings. The number of hydrogen-bond donors (Lipinski definition) is 0. The number of rotatable bonds is 13. The van der Waals surface area contributed by atoms with E-state index in [1.165, 1.54) is 11.1 Å². The van der Waals surface area contributed by atoms with Crippen LogP contribution in [0.3, 0.4) is 0 Å². The van der Waals surface area contributed by atoms with Gasteiger partial charge < -0.3 is 9.64 Å². The van der Waals surface area contributed by atoms with Crippen LogP contribution in [-0.4, -0.2) is 53.9 Å². The summed E-state index contributed by atoms with van der Waals surface area (Å²) in [5.74, 6) is 0.118. The molecule has 4 rings (SSSR count). The van der Waals surface area contributed by atoms with Gasteiger partial charge in [0.2, 0.25) is 11.8 Å². The van der Waals surface area contributed by atoms with Gasteiger partial charge in [-0.15, -0.1) is 0 Å². The van der Waals surface area contributed by atoms with Gasteiger partial charge in [0.15, 0.2) is 0 Å². The first-order valence-corrected chi connectivity index (χ1v) is 14.9. The number of carbonyl (C=O) groups is 2. The van der Waals surface area contributed by atoms with E-state index in [4.69, 9.17) is 4.74 Å². The van der Waals surface area contributed by atoms with E-state index in [1.54, 1.807) is 4.90 Å². The summed E-state index contributed by atoms with van der Waals surface area (Å²) in [7, 11) is 0. The van der Waals surface area contributed by atoms with Crippen molar-refractivity contribution in [1.82, 2.24) is 9.80 Å². The molecule has 0 aromatic heterocycles. The quantitative estimate of drug-likeness (QED) is 0.275. The Labute approximate surface area is 229 Å². The summed E-state index contributed by atoms with van der Waals surface area (Å²) in [6, 6.07) is 20.9. The monoisotopic (exact) mass is 518 g/mol. The average molecular weight is 519 g/mol. The number of likely N-dealkylation sites (tertiary alicyclic amines) is 2. The van der Waals surface area contributed by atoms with Gasteiger partial charge in [-0.05, 0) is 43.2 Å². The Morgan fingerprint density at radius 2 is 1.39 bits per heavy atom. The van der Waals surface area contributed by atoms with Crippen LogP contribution in [0.15, 0.2) is 60.7 Å². The van der Waals surface area contributed by atoms with Crippen molar-refractivity contribution in [3.8, 4) is 0 Å². The molecule has 2 amide bonds. The van der Waals surface area contributed by atoms with Crippen LogP contribution in [0.1, 0.15) is 95.3 Å². The fourth-order valence-electron chi connectivity index (χ4n) is 6.14. The van der Waals surface area contributed by atoms with Crippen molar-refractivity contribution >= 4 is 11.8 Å². The van der Waals surface area contributed by atoms with Crippen LogP contribution in [0.4, 0.5) is 0 Å². The predicted molar refractivity (Wildman–Crippen MR) is 153 cm³/mol. The van der Waals surface area contributed by atoms with Gasteiger partial charge in [0.1, 0.15) is 6.10 Å². The summed E-state index contributed by atoms with van der Waals surface area (Å²) in [6.45, 7) is 7.47. The molecule has 5 heteroatoms. The SMILES string of the molecule is CCCCC1(CCCC)CCC(=O)N(CCN2CCC(OC(c3ccccc3)c3ccccc3)CC2)C1=O. The van der Waals surface area contributed by atoms with Gasteiger partial charge in [-0.1, -0.05) is 100 Å². The van der Waals surface area contributed by atoms with Crippen LogP contribution >= 0.6 is 0 Å². The summed E-state index contributed by atoms with van der Waals surface area (Å²) in [5.41, 5.74) is 2.03. The largest absolute Gasteiger partial charge is 0.365 e. The van der Waals surface area contributed by atoms with Crippen LogP contribution in [0.2, 0.25) is 0 Å². The highest BCUT2D eigenvalue weighted by Gasteiger charge is 2.45. The number of benzene rings is 2. The minimum atomic E-state index is -0.329. The Hall–Kier alpha value is -2.50. The molecule has 0 N–H and O–H groups in total. The lowest BCUT2D eigenvalue weighted by Crippen LogP contribution is -2.54. The summed E-state index contributed by atoms with van der Waals surface area (Å²) in [5, 5.41) is 0. The van der Waals surface area contributed by atoms with Crippen LogP contribution in [0.25, 0.3) is 0 Å². The Morgan fingerprint density at radius 1 is 0.842 bits per heavy atom. The molecule has 2 saturated heterocycles. The van der Waals surface area contributed by atoms with E-state index in [0.29, 0.717) is 13.0 Å². The van der Waals surface area contributed by atoms with Crippen molar-refractivity contribution in [3.05, 3.63) is 71.8 Å². The number of nitrogens with zero attached hydrogens (tertiary/aromatic N) is 2. The molecule has 2 heterocycles. The molecule has 0 atom stereocenters. The lowest BCUT2D eigenvalue weighted by Gasteiger charge is -2.42. The second-order valence-electron chi connectivity index (χ2n) is 11.2. The highest BCUT2D eigenvalue weighted by molar-refractivity contribution is 6.00. The predicted octanol–water partition coefficient (Wildman–Crippen LogP) is 6.77. The highest BCUT2D eigenvalue weighted by atomic mass is 16.5. The molecule has 206 valence electrons. The number of ether oxygens (including phenoxy) is 1. The van der Waals surface area contributed by atoms with Crippen molar-refractivity contribution in [1.29, 1.82) is 0 Å². The third-order valence-corrected chi connectivity index (χ3v) is 8.54. The second-order valence-corrected chi connectivity index (χ2v) is 11.2. The number of piperidine rings is 2. The van der Waals surface area contributed by atoms with E-state index in [1.807, 2.05) is 12.1 Å². The van der Waals surface area contributed by atoms with Crippen LogP contribution < -0.4 is 0 Å². The van der Waals surface area contributed by atoms with Crippen LogP contribution in [-0.2, 0) is 14.3 Å².